The number of halogens is 4. The molecule has 0 fully saturated rings. The minimum atomic E-state index is -4.20. The van der Waals surface area contributed by atoms with E-state index in [9.17, 15) is 22.4 Å². The fourth-order valence-electron chi connectivity index (χ4n) is 2.23. The van der Waals surface area contributed by atoms with Crippen LogP contribution in [0, 0.1) is 0 Å². The van der Waals surface area contributed by atoms with Crippen molar-refractivity contribution in [3.8, 4) is 0 Å². The van der Waals surface area contributed by atoms with E-state index in [2.05, 4.69) is 15.4 Å². The smallest absolute Gasteiger partial charge is 0.330 e. The van der Waals surface area contributed by atoms with Gasteiger partial charge in [0.05, 0.1) is 12.9 Å². The Hall–Kier alpha value is -2.59. The molecule has 0 spiro atoms. The van der Waals surface area contributed by atoms with Crippen molar-refractivity contribution >= 4 is 11.7 Å². The standard InChI is InChI=1S/C19H22F4N2O4/c20-17(21)19(22,23)13-28-11-14-4-1-5-15(10-14)25-18(26)24-7-3-8-27-12-16-6-2-9-29-16/h1-2,4-6,9-10,17H,3,7-8,11-13H2,(H2,24,25,26). The number of hydrogen-bond donors (Lipinski definition) is 2. The van der Waals surface area contributed by atoms with Gasteiger partial charge in [0, 0.05) is 18.8 Å². The number of furan rings is 1. The molecule has 0 atom stereocenters. The van der Waals surface area contributed by atoms with Crippen molar-refractivity contribution in [2.45, 2.75) is 32.0 Å². The number of amides is 2. The molecule has 1 aromatic heterocycles. The van der Waals surface area contributed by atoms with Crippen LogP contribution >= 0.6 is 0 Å². The van der Waals surface area contributed by atoms with Gasteiger partial charge in [-0.3, -0.25) is 0 Å². The molecule has 0 saturated heterocycles. The number of nitrogens with one attached hydrogen (secondary N) is 2. The van der Waals surface area contributed by atoms with E-state index in [-0.39, 0.29) is 6.61 Å². The van der Waals surface area contributed by atoms with Crippen molar-refractivity contribution in [3.05, 3.63) is 54.0 Å². The van der Waals surface area contributed by atoms with Gasteiger partial charge in [-0.05, 0) is 36.2 Å². The molecular weight excluding hydrogens is 396 g/mol. The van der Waals surface area contributed by atoms with E-state index in [1.165, 1.54) is 6.07 Å². The van der Waals surface area contributed by atoms with Crippen LogP contribution in [0.3, 0.4) is 0 Å². The van der Waals surface area contributed by atoms with Crippen molar-refractivity contribution in [1.82, 2.24) is 5.32 Å². The third-order valence-corrected chi connectivity index (χ3v) is 3.64. The Labute approximate surface area is 165 Å². The van der Waals surface area contributed by atoms with Crippen molar-refractivity contribution < 1.29 is 36.2 Å². The minimum absolute atomic E-state index is 0.285. The maximum absolute atomic E-state index is 12.8. The van der Waals surface area contributed by atoms with Crippen LogP contribution in [-0.2, 0) is 22.7 Å². The average Bonchev–Trinajstić information content (AvgIpc) is 3.18. The van der Waals surface area contributed by atoms with Gasteiger partial charge in [0.25, 0.3) is 0 Å². The second-order valence-corrected chi connectivity index (χ2v) is 6.12. The molecule has 0 bridgehead atoms. The van der Waals surface area contributed by atoms with Crippen LogP contribution in [0.15, 0.2) is 47.1 Å². The van der Waals surface area contributed by atoms with Crippen LogP contribution in [0.2, 0.25) is 0 Å². The van der Waals surface area contributed by atoms with Gasteiger partial charge in [0.15, 0.2) is 0 Å². The maximum atomic E-state index is 12.8. The van der Waals surface area contributed by atoms with Crippen molar-refractivity contribution in [1.29, 1.82) is 0 Å². The van der Waals surface area contributed by atoms with E-state index in [1.807, 2.05) is 0 Å². The van der Waals surface area contributed by atoms with Gasteiger partial charge in [-0.25, -0.2) is 13.6 Å². The zero-order valence-electron chi connectivity index (χ0n) is 15.5. The Bertz CT molecular complexity index is 742. The van der Waals surface area contributed by atoms with E-state index in [0.717, 1.165) is 5.76 Å². The fraction of sp³-hybridized carbons (Fsp3) is 0.421. The summed E-state index contributed by atoms with van der Waals surface area (Å²) in [4.78, 5) is 11.9. The molecule has 0 radical (unpaired) electrons. The number of carbonyl (C=O) groups excluding carboxylic acids is 1. The molecule has 2 N–H and O–H groups in total. The molecule has 0 aliphatic carbocycles. The highest BCUT2D eigenvalue weighted by molar-refractivity contribution is 5.89. The van der Waals surface area contributed by atoms with Gasteiger partial charge < -0.3 is 24.5 Å². The lowest BCUT2D eigenvalue weighted by Crippen LogP contribution is -2.32. The van der Waals surface area contributed by atoms with Crippen LogP contribution in [0.4, 0.5) is 28.0 Å². The van der Waals surface area contributed by atoms with E-state index < -0.39 is 25.0 Å². The Morgan fingerprint density at radius 2 is 1.97 bits per heavy atom. The molecule has 0 unspecified atom stereocenters. The Kier molecular flexibility index (Phi) is 8.94. The zero-order chi connectivity index (χ0) is 21.1. The van der Waals surface area contributed by atoms with E-state index in [1.54, 1.807) is 36.6 Å². The average molecular weight is 418 g/mol. The number of benzene rings is 1. The van der Waals surface area contributed by atoms with Gasteiger partial charge in [0.1, 0.15) is 19.0 Å². The first-order chi connectivity index (χ1) is 13.9. The quantitative estimate of drug-likeness (QED) is 0.395. The molecule has 0 saturated carbocycles. The second-order valence-electron chi connectivity index (χ2n) is 6.12. The molecule has 0 aliphatic heterocycles. The topological polar surface area (TPSA) is 72.7 Å². The lowest BCUT2D eigenvalue weighted by atomic mass is 10.2. The van der Waals surface area contributed by atoms with Crippen LogP contribution in [0.5, 0.6) is 0 Å². The first-order valence-electron chi connectivity index (χ1n) is 8.84. The third-order valence-electron chi connectivity index (χ3n) is 3.64. The van der Waals surface area contributed by atoms with Gasteiger partial charge in [0.2, 0.25) is 0 Å². The van der Waals surface area contributed by atoms with Gasteiger partial charge in [-0.1, -0.05) is 12.1 Å². The third kappa shape index (κ3) is 8.53. The van der Waals surface area contributed by atoms with Crippen LogP contribution < -0.4 is 10.6 Å². The summed E-state index contributed by atoms with van der Waals surface area (Å²) in [5.74, 6) is -3.48. The number of hydrogen-bond acceptors (Lipinski definition) is 4. The molecule has 1 aromatic carbocycles. The van der Waals surface area contributed by atoms with E-state index in [4.69, 9.17) is 9.15 Å². The summed E-state index contributed by atoms with van der Waals surface area (Å²) in [6.07, 6.45) is -1.63. The Morgan fingerprint density at radius 3 is 2.69 bits per heavy atom. The number of urea groups is 1. The largest absolute Gasteiger partial charge is 0.467 e. The number of alkyl halides is 4. The zero-order valence-corrected chi connectivity index (χ0v) is 15.5. The first kappa shape index (κ1) is 22.7. The maximum Gasteiger partial charge on any atom is 0.330 e. The van der Waals surface area contributed by atoms with Crippen LogP contribution in [0.25, 0.3) is 0 Å². The summed E-state index contributed by atoms with van der Waals surface area (Å²) in [7, 11) is 0. The molecule has 10 heteroatoms. The lowest BCUT2D eigenvalue weighted by molar-refractivity contribution is -0.168. The van der Waals surface area contributed by atoms with E-state index in [0.29, 0.717) is 37.4 Å². The highest BCUT2D eigenvalue weighted by Gasteiger charge is 2.40. The summed E-state index contributed by atoms with van der Waals surface area (Å²) >= 11 is 0. The molecule has 6 nitrogen and oxygen atoms in total. The molecule has 0 aliphatic rings. The lowest BCUT2D eigenvalue weighted by Gasteiger charge is -2.15. The normalized spacial score (nSPS) is 11.6. The minimum Gasteiger partial charge on any atom is -0.467 e. The number of rotatable bonds is 12. The van der Waals surface area contributed by atoms with Crippen LogP contribution in [0.1, 0.15) is 17.7 Å². The highest BCUT2D eigenvalue weighted by Crippen LogP contribution is 2.23. The summed E-state index contributed by atoms with van der Waals surface area (Å²) in [5, 5.41) is 5.24. The monoisotopic (exact) mass is 418 g/mol. The predicted molar refractivity (Wildman–Crippen MR) is 97.1 cm³/mol. The molecular formula is C19H22F4N2O4. The molecule has 2 amide bonds. The Balaban J connectivity index is 1.63. The molecule has 2 aromatic rings. The molecule has 2 rings (SSSR count). The first-order valence-corrected chi connectivity index (χ1v) is 8.84. The van der Waals surface area contributed by atoms with Crippen LogP contribution in [-0.4, -0.2) is 38.1 Å². The fourth-order valence-corrected chi connectivity index (χ4v) is 2.23. The Morgan fingerprint density at radius 1 is 1.14 bits per heavy atom. The van der Waals surface area contributed by atoms with Gasteiger partial charge in [-0.15, -0.1) is 0 Å². The second kappa shape index (κ2) is 11.4. The highest BCUT2D eigenvalue weighted by atomic mass is 19.3. The van der Waals surface area contributed by atoms with Gasteiger partial charge in [-0.2, -0.15) is 8.78 Å². The summed E-state index contributed by atoms with van der Waals surface area (Å²) in [6.45, 7) is -0.485. The SMILES string of the molecule is O=C(NCCCOCc1ccco1)Nc1cccc(COCC(F)(F)C(F)F)c1. The number of anilines is 1. The summed E-state index contributed by atoms with van der Waals surface area (Å²) in [5.41, 5.74) is 0.873. The number of carbonyl (C=O) groups is 1. The molecule has 29 heavy (non-hydrogen) atoms. The summed E-state index contributed by atoms with van der Waals surface area (Å²) in [6, 6.07) is 9.38. The molecule has 1 heterocycles. The van der Waals surface area contributed by atoms with E-state index >= 15 is 0 Å². The predicted octanol–water partition coefficient (Wildman–Crippen LogP) is 4.43. The van der Waals surface area contributed by atoms with Gasteiger partial charge >= 0.3 is 18.4 Å². The number of ether oxygens (including phenoxy) is 2. The molecule has 160 valence electrons. The summed E-state index contributed by atoms with van der Waals surface area (Å²) < 4.78 is 65.0. The van der Waals surface area contributed by atoms with Crippen molar-refractivity contribution in [2.75, 3.05) is 25.1 Å². The van der Waals surface area contributed by atoms with Crippen molar-refractivity contribution in [3.63, 3.8) is 0 Å². The van der Waals surface area contributed by atoms with Crippen molar-refractivity contribution in [2.24, 2.45) is 0 Å².